The number of amides is 1. The van der Waals surface area contributed by atoms with Gasteiger partial charge in [-0.1, -0.05) is 48.3 Å². The standard InChI is InChI=1S/C22H22Cl2F3NO2.CH2O3/c1-12(22(25,26)27)19(13-5-8-16(23)9-6-13)21(29)28-18-11-15(7-10-17(18)24)20(30-2)14-3-4-14;2-1(3)4/h5-12,14,19-20H,3-4H2,1-2H3,(H,28,29);(H2,2,3,4)/t12-,19+,20?;/m1./s1. The number of anilines is 1. The molecule has 6 nitrogen and oxygen atoms in total. The van der Waals surface area contributed by atoms with Crippen molar-refractivity contribution in [2.75, 3.05) is 12.4 Å². The molecule has 0 bridgehead atoms. The molecule has 1 fully saturated rings. The number of carboxylic acid groups (broad SMARTS) is 2. The number of carbonyl (C=O) groups excluding carboxylic acids is 1. The number of methoxy groups -OCH3 is 1. The average molecular weight is 522 g/mol. The first-order valence-electron chi connectivity index (χ1n) is 10.2. The summed E-state index contributed by atoms with van der Waals surface area (Å²) in [6.07, 6.45) is -4.44. The number of carbonyl (C=O) groups is 2. The minimum Gasteiger partial charge on any atom is -0.450 e. The Bertz CT molecular complexity index is 993. The summed E-state index contributed by atoms with van der Waals surface area (Å²) in [6.45, 7) is 0.991. The van der Waals surface area contributed by atoms with E-state index in [2.05, 4.69) is 5.32 Å². The highest BCUT2D eigenvalue weighted by atomic mass is 35.5. The second kappa shape index (κ2) is 11.8. The van der Waals surface area contributed by atoms with Crippen LogP contribution in [-0.4, -0.2) is 35.6 Å². The van der Waals surface area contributed by atoms with Crippen molar-refractivity contribution in [2.45, 2.75) is 38.0 Å². The van der Waals surface area contributed by atoms with Crippen LogP contribution in [0.5, 0.6) is 0 Å². The fraction of sp³-hybridized carbons (Fsp3) is 0.391. The van der Waals surface area contributed by atoms with E-state index in [0.29, 0.717) is 10.9 Å². The van der Waals surface area contributed by atoms with Crippen molar-refractivity contribution in [3.63, 3.8) is 0 Å². The molecule has 3 atom stereocenters. The van der Waals surface area contributed by atoms with Crippen LogP contribution >= 0.6 is 23.2 Å². The molecule has 0 spiro atoms. The second-order valence-corrected chi connectivity index (χ2v) is 8.71. The zero-order chi connectivity index (χ0) is 25.6. The van der Waals surface area contributed by atoms with Crippen LogP contribution in [0.15, 0.2) is 42.5 Å². The van der Waals surface area contributed by atoms with Gasteiger partial charge in [-0.3, -0.25) is 4.79 Å². The minimum absolute atomic E-state index is 0.140. The van der Waals surface area contributed by atoms with Gasteiger partial charge in [0.05, 0.1) is 28.6 Å². The predicted octanol–water partition coefficient (Wildman–Crippen LogP) is 7.23. The molecule has 0 aromatic heterocycles. The molecule has 0 aliphatic heterocycles. The van der Waals surface area contributed by atoms with Gasteiger partial charge < -0.3 is 20.3 Å². The van der Waals surface area contributed by atoms with Crippen molar-refractivity contribution in [1.29, 1.82) is 0 Å². The monoisotopic (exact) mass is 521 g/mol. The van der Waals surface area contributed by atoms with E-state index in [1.165, 1.54) is 24.3 Å². The van der Waals surface area contributed by atoms with Crippen LogP contribution in [-0.2, 0) is 9.53 Å². The molecule has 11 heteroatoms. The van der Waals surface area contributed by atoms with Crippen molar-refractivity contribution in [2.24, 2.45) is 11.8 Å². The van der Waals surface area contributed by atoms with Gasteiger partial charge in [-0.15, -0.1) is 0 Å². The summed E-state index contributed by atoms with van der Waals surface area (Å²) < 4.78 is 46.1. The topological polar surface area (TPSA) is 95.9 Å². The lowest BCUT2D eigenvalue weighted by Crippen LogP contribution is -2.34. The number of nitrogens with one attached hydrogen (secondary N) is 1. The quantitative estimate of drug-likeness (QED) is 0.357. The molecule has 3 N–H and O–H groups in total. The Labute approximate surface area is 204 Å². The van der Waals surface area contributed by atoms with Gasteiger partial charge in [-0.25, -0.2) is 4.79 Å². The van der Waals surface area contributed by atoms with Gasteiger partial charge in [0.2, 0.25) is 5.91 Å². The molecular formula is C23H24Cl2F3NO5. The summed E-state index contributed by atoms with van der Waals surface area (Å²) in [7, 11) is 1.61. The fourth-order valence-corrected chi connectivity index (χ4v) is 3.84. The number of ether oxygens (including phenoxy) is 1. The molecule has 1 saturated carbocycles. The molecule has 186 valence electrons. The third-order valence-corrected chi connectivity index (χ3v) is 5.99. The number of hydrogen-bond acceptors (Lipinski definition) is 3. The van der Waals surface area contributed by atoms with Crippen LogP contribution in [0.2, 0.25) is 10.0 Å². The Kier molecular flexibility index (Phi) is 9.61. The van der Waals surface area contributed by atoms with E-state index in [0.717, 1.165) is 25.3 Å². The molecule has 1 unspecified atom stereocenters. The zero-order valence-electron chi connectivity index (χ0n) is 18.3. The van der Waals surface area contributed by atoms with E-state index in [1.807, 2.05) is 0 Å². The van der Waals surface area contributed by atoms with Crippen molar-refractivity contribution >= 4 is 41.0 Å². The van der Waals surface area contributed by atoms with Crippen molar-refractivity contribution in [3.05, 3.63) is 63.6 Å². The molecule has 1 amide bonds. The summed E-state index contributed by atoms with van der Waals surface area (Å²) >= 11 is 12.1. The Morgan fingerprint density at radius 3 is 2.06 bits per heavy atom. The summed E-state index contributed by atoms with van der Waals surface area (Å²) in [5, 5.41) is 17.2. The summed E-state index contributed by atoms with van der Waals surface area (Å²) in [4.78, 5) is 21.6. The van der Waals surface area contributed by atoms with Crippen LogP contribution in [0.4, 0.5) is 23.7 Å². The average Bonchev–Trinajstić information content (AvgIpc) is 3.56. The Morgan fingerprint density at radius 1 is 1.06 bits per heavy atom. The van der Waals surface area contributed by atoms with Gasteiger partial charge in [0.15, 0.2) is 0 Å². The molecule has 0 saturated heterocycles. The van der Waals surface area contributed by atoms with Gasteiger partial charge in [-0.2, -0.15) is 13.2 Å². The van der Waals surface area contributed by atoms with E-state index in [9.17, 15) is 18.0 Å². The summed E-state index contributed by atoms with van der Waals surface area (Å²) in [5.41, 5.74) is 1.31. The molecule has 3 rings (SSSR count). The van der Waals surface area contributed by atoms with Crippen LogP contribution < -0.4 is 5.32 Å². The molecule has 0 radical (unpaired) electrons. The van der Waals surface area contributed by atoms with Gasteiger partial charge in [-0.05, 0) is 54.2 Å². The van der Waals surface area contributed by atoms with Crippen molar-refractivity contribution < 1.29 is 37.7 Å². The maximum absolute atomic E-state index is 13.5. The Morgan fingerprint density at radius 2 is 1.59 bits per heavy atom. The number of benzene rings is 2. The largest absolute Gasteiger partial charge is 0.503 e. The molecule has 0 heterocycles. The van der Waals surface area contributed by atoms with Gasteiger partial charge in [0.25, 0.3) is 0 Å². The van der Waals surface area contributed by atoms with E-state index in [1.54, 1.807) is 25.3 Å². The van der Waals surface area contributed by atoms with Crippen molar-refractivity contribution in [3.8, 4) is 0 Å². The van der Waals surface area contributed by atoms with Crippen LogP contribution in [0.25, 0.3) is 0 Å². The first-order chi connectivity index (χ1) is 15.8. The molecular weight excluding hydrogens is 498 g/mol. The lowest BCUT2D eigenvalue weighted by atomic mass is 9.86. The normalized spacial score (nSPS) is 16.0. The highest BCUT2D eigenvalue weighted by molar-refractivity contribution is 6.33. The molecule has 1 aliphatic rings. The Balaban J connectivity index is 0.000000945. The predicted molar refractivity (Wildman–Crippen MR) is 123 cm³/mol. The maximum atomic E-state index is 13.5. The number of hydrogen-bond donors (Lipinski definition) is 3. The first-order valence-corrected chi connectivity index (χ1v) is 11.0. The lowest BCUT2D eigenvalue weighted by molar-refractivity contribution is -0.178. The highest BCUT2D eigenvalue weighted by Gasteiger charge is 2.45. The second-order valence-electron chi connectivity index (χ2n) is 7.86. The number of alkyl halides is 3. The van der Waals surface area contributed by atoms with Crippen LogP contribution in [0.1, 0.15) is 42.9 Å². The van der Waals surface area contributed by atoms with Gasteiger partial charge in [0.1, 0.15) is 0 Å². The highest BCUT2D eigenvalue weighted by Crippen LogP contribution is 2.44. The van der Waals surface area contributed by atoms with Crippen LogP contribution in [0, 0.1) is 11.8 Å². The van der Waals surface area contributed by atoms with Crippen molar-refractivity contribution in [1.82, 2.24) is 0 Å². The van der Waals surface area contributed by atoms with E-state index < -0.39 is 30.1 Å². The van der Waals surface area contributed by atoms with E-state index >= 15 is 0 Å². The molecule has 34 heavy (non-hydrogen) atoms. The minimum atomic E-state index is -4.56. The first kappa shape index (κ1) is 27.8. The maximum Gasteiger partial charge on any atom is 0.503 e. The number of rotatable bonds is 7. The molecule has 2 aromatic rings. The number of halogens is 5. The summed E-state index contributed by atoms with van der Waals surface area (Å²) in [6, 6.07) is 10.9. The van der Waals surface area contributed by atoms with E-state index in [4.69, 9.17) is 42.9 Å². The molecule has 1 aliphatic carbocycles. The zero-order valence-corrected chi connectivity index (χ0v) is 19.8. The fourth-order valence-electron chi connectivity index (χ4n) is 3.55. The van der Waals surface area contributed by atoms with E-state index in [-0.39, 0.29) is 22.4 Å². The third kappa shape index (κ3) is 7.78. The van der Waals surface area contributed by atoms with Crippen LogP contribution in [0.3, 0.4) is 0 Å². The van der Waals surface area contributed by atoms with Gasteiger partial charge >= 0.3 is 12.3 Å². The SMILES string of the molecule is COC(c1ccc(Cl)c(NC(=O)[C@H](c2ccc(Cl)cc2)[C@@H](C)C(F)(F)F)c1)C1CC1.O=C(O)O. The van der Waals surface area contributed by atoms with Gasteiger partial charge in [0, 0.05) is 12.1 Å². The third-order valence-electron chi connectivity index (χ3n) is 5.41. The summed E-state index contributed by atoms with van der Waals surface area (Å²) in [5.74, 6) is -3.75. The Hall–Kier alpha value is -2.49. The lowest BCUT2D eigenvalue weighted by Gasteiger charge is -2.26. The molecule has 2 aromatic carbocycles. The smallest absolute Gasteiger partial charge is 0.450 e.